The molecule has 0 radical (unpaired) electrons. The highest BCUT2D eigenvalue weighted by Gasteiger charge is 2.46. The number of carbonyl (C=O) groups excluding carboxylic acids is 1. The number of hydrogen-bond acceptors (Lipinski definition) is 3. The summed E-state index contributed by atoms with van der Waals surface area (Å²) >= 11 is 0. The molecule has 1 saturated heterocycles. The molecular weight excluding hydrogens is 300 g/mol. The van der Waals surface area contributed by atoms with Crippen LogP contribution in [0.3, 0.4) is 0 Å². The predicted molar refractivity (Wildman–Crippen MR) is 90.5 cm³/mol. The number of hydrogen-bond donors (Lipinski definition) is 0. The van der Waals surface area contributed by atoms with E-state index in [0.29, 0.717) is 12.1 Å². The fourth-order valence-electron chi connectivity index (χ4n) is 4.24. The van der Waals surface area contributed by atoms with E-state index in [2.05, 4.69) is 31.6 Å². The molecule has 0 bridgehead atoms. The van der Waals surface area contributed by atoms with Gasteiger partial charge in [0.1, 0.15) is 5.69 Å². The second-order valence-corrected chi connectivity index (χ2v) is 7.35. The van der Waals surface area contributed by atoms with Crippen molar-refractivity contribution in [2.24, 2.45) is 5.92 Å². The Hall–Kier alpha value is -2.14. The summed E-state index contributed by atoms with van der Waals surface area (Å²) in [6.45, 7) is 3.72. The molecule has 24 heavy (non-hydrogen) atoms. The highest BCUT2D eigenvalue weighted by atomic mass is 16.2. The molecule has 4 heterocycles. The first-order valence-corrected chi connectivity index (χ1v) is 8.89. The van der Waals surface area contributed by atoms with Crippen molar-refractivity contribution >= 4 is 5.91 Å². The van der Waals surface area contributed by atoms with Gasteiger partial charge in [-0.1, -0.05) is 6.07 Å². The average Bonchev–Trinajstić information content (AvgIpc) is 3.11. The van der Waals surface area contributed by atoms with Crippen LogP contribution in [-0.4, -0.2) is 50.9 Å². The minimum atomic E-state index is 0.216. The first-order valence-electron chi connectivity index (χ1n) is 8.89. The summed E-state index contributed by atoms with van der Waals surface area (Å²) in [4.78, 5) is 22.0. The highest BCUT2D eigenvalue weighted by molar-refractivity contribution is 5.94. The Morgan fingerprint density at radius 3 is 2.75 bits per heavy atom. The van der Waals surface area contributed by atoms with Crippen molar-refractivity contribution in [3.8, 4) is 0 Å². The fraction of sp³-hybridized carbons (Fsp3) is 0.474. The van der Waals surface area contributed by atoms with Crippen LogP contribution in [0.1, 0.15) is 35.1 Å². The lowest BCUT2D eigenvalue weighted by Gasteiger charge is -2.38. The summed E-state index contributed by atoms with van der Waals surface area (Å²) in [5.74, 6) is 0.939. The molecule has 5 heteroatoms. The van der Waals surface area contributed by atoms with Crippen molar-refractivity contribution in [2.75, 3.05) is 19.6 Å². The zero-order valence-corrected chi connectivity index (χ0v) is 13.7. The van der Waals surface area contributed by atoms with Gasteiger partial charge < -0.3 is 9.47 Å². The number of likely N-dealkylation sites (tertiary alicyclic amines) is 1. The van der Waals surface area contributed by atoms with E-state index in [1.54, 1.807) is 0 Å². The van der Waals surface area contributed by atoms with Gasteiger partial charge in [-0.25, -0.2) is 0 Å². The van der Waals surface area contributed by atoms with E-state index in [1.165, 1.54) is 12.8 Å². The van der Waals surface area contributed by atoms with E-state index in [0.717, 1.165) is 43.5 Å². The molecule has 0 unspecified atom stereocenters. The lowest BCUT2D eigenvalue weighted by Crippen LogP contribution is -2.51. The predicted octanol–water partition coefficient (Wildman–Crippen LogP) is 2.17. The highest BCUT2D eigenvalue weighted by Crippen LogP contribution is 2.38. The van der Waals surface area contributed by atoms with Gasteiger partial charge >= 0.3 is 0 Å². The van der Waals surface area contributed by atoms with E-state index in [1.807, 2.05) is 30.5 Å². The third-order valence-corrected chi connectivity index (χ3v) is 5.61. The van der Waals surface area contributed by atoms with Crippen LogP contribution in [0.25, 0.3) is 0 Å². The molecule has 1 aliphatic carbocycles. The fourth-order valence-corrected chi connectivity index (χ4v) is 4.24. The lowest BCUT2D eigenvalue weighted by atomic mass is 10.1. The molecule has 0 N–H and O–H groups in total. The van der Waals surface area contributed by atoms with Crippen LogP contribution in [0.4, 0.5) is 0 Å². The topological polar surface area (TPSA) is 41.4 Å². The van der Waals surface area contributed by atoms with Crippen molar-refractivity contribution in [3.63, 3.8) is 0 Å². The molecule has 5 nitrogen and oxygen atoms in total. The van der Waals surface area contributed by atoms with Crippen LogP contribution in [0.5, 0.6) is 0 Å². The molecule has 2 fully saturated rings. The summed E-state index contributed by atoms with van der Waals surface area (Å²) in [6.07, 6.45) is 6.48. The summed E-state index contributed by atoms with van der Waals surface area (Å²) < 4.78 is 2.20. The van der Waals surface area contributed by atoms with Gasteiger partial charge in [-0.15, -0.1) is 0 Å². The van der Waals surface area contributed by atoms with Crippen LogP contribution < -0.4 is 0 Å². The molecule has 1 amide bonds. The van der Waals surface area contributed by atoms with Crippen LogP contribution in [-0.2, 0) is 6.54 Å². The normalized spacial score (nSPS) is 26.5. The number of nitrogens with zero attached hydrogens (tertiary/aromatic N) is 4. The van der Waals surface area contributed by atoms with Crippen LogP contribution in [0, 0.1) is 5.92 Å². The number of aromatic nitrogens is 2. The zero-order chi connectivity index (χ0) is 16.1. The van der Waals surface area contributed by atoms with E-state index in [9.17, 15) is 4.79 Å². The van der Waals surface area contributed by atoms with Gasteiger partial charge in [-0.3, -0.25) is 14.7 Å². The molecule has 2 aromatic rings. The van der Waals surface area contributed by atoms with Crippen LogP contribution in [0.15, 0.2) is 42.7 Å². The number of amides is 1. The summed E-state index contributed by atoms with van der Waals surface area (Å²) in [6, 6.07) is 10.7. The second-order valence-electron chi connectivity index (χ2n) is 7.35. The molecule has 3 aliphatic rings. The summed E-state index contributed by atoms with van der Waals surface area (Å²) in [7, 11) is 0. The Labute approximate surface area is 141 Å². The van der Waals surface area contributed by atoms with E-state index >= 15 is 0 Å². The van der Waals surface area contributed by atoms with Crippen molar-refractivity contribution in [3.05, 3.63) is 54.1 Å². The number of fused-ring (bicyclic) bond motifs is 3. The number of pyridine rings is 1. The van der Waals surface area contributed by atoms with Gasteiger partial charge in [0.15, 0.2) is 0 Å². The molecule has 0 spiro atoms. The van der Waals surface area contributed by atoms with E-state index in [-0.39, 0.29) is 5.91 Å². The number of rotatable bonds is 4. The van der Waals surface area contributed by atoms with Crippen molar-refractivity contribution < 1.29 is 4.79 Å². The smallest absolute Gasteiger partial charge is 0.270 e. The molecule has 2 aromatic heterocycles. The van der Waals surface area contributed by atoms with Gasteiger partial charge in [0.25, 0.3) is 5.91 Å². The zero-order valence-electron chi connectivity index (χ0n) is 13.7. The Morgan fingerprint density at radius 2 is 1.96 bits per heavy atom. The molecule has 2 atom stereocenters. The maximum atomic E-state index is 12.9. The third-order valence-electron chi connectivity index (χ3n) is 5.61. The Kier molecular flexibility index (Phi) is 3.23. The first kappa shape index (κ1) is 14.2. The van der Waals surface area contributed by atoms with Gasteiger partial charge in [-0.2, -0.15) is 0 Å². The first-order chi connectivity index (χ1) is 11.8. The van der Waals surface area contributed by atoms with Crippen molar-refractivity contribution in [2.45, 2.75) is 31.5 Å². The minimum Gasteiger partial charge on any atom is -0.337 e. The molecule has 0 aromatic carbocycles. The Balaban J connectivity index is 1.42. The van der Waals surface area contributed by atoms with E-state index in [4.69, 9.17) is 0 Å². The molecule has 2 aliphatic heterocycles. The Bertz CT molecular complexity index is 752. The standard InChI is InChI=1S/C19H22N4O/c24-19-16-5-3-9-22(16)17-12-21(11-15-4-1-2-8-20-15)13-18(17)23(19)10-14-6-7-14/h1-5,8-9,14,17-18H,6-7,10-13H2/t17-,18+/m0/s1. The lowest BCUT2D eigenvalue weighted by molar-refractivity contribution is 0.0565. The third kappa shape index (κ3) is 2.35. The summed E-state index contributed by atoms with van der Waals surface area (Å²) in [5.41, 5.74) is 1.96. The Morgan fingerprint density at radius 1 is 1.08 bits per heavy atom. The minimum absolute atomic E-state index is 0.216. The van der Waals surface area contributed by atoms with Gasteiger partial charge in [0.2, 0.25) is 0 Å². The molecule has 5 rings (SSSR count). The second kappa shape index (κ2) is 5.45. The summed E-state index contributed by atoms with van der Waals surface area (Å²) in [5, 5.41) is 0. The maximum Gasteiger partial charge on any atom is 0.270 e. The quantitative estimate of drug-likeness (QED) is 0.866. The largest absolute Gasteiger partial charge is 0.337 e. The van der Waals surface area contributed by atoms with Gasteiger partial charge in [-0.05, 0) is 43.0 Å². The molecular formula is C19H22N4O. The van der Waals surface area contributed by atoms with Gasteiger partial charge in [0.05, 0.1) is 17.8 Å². The number of carbonyl (C=O) groups is 1. The molecule has 124 valence electrons. The maximum absolute atomic E-state index is 12.9. The van der Waals surface area contributed by atoms with Crippen LogP contribution >= 0.6 is 0 Å². The monoisotopic (exact) mass is 322 g/mol. The SMILES string of the molecule is O=C1c2cccn2[C@H]2CN(Cc3ccccn3)C[C@H]2N1CC1CC1. The van der Waals surface area contributed by atoms with Crippen LogP contribution in [0.2, 0.25) is 0 Å². The van der Waals surface area contributed by atoms with Crippen molar-refractivity contribution in [1.82, 2.24) is 19.4 Å². The average molecular weight is 322 g/mol. The van der Waals surface area contributed by atoms with E-state index < -0.39 is 0 Å². The van der Waals surface area contributed by atoms with Gasteiger partial charge in [0, 0.05) is 38.6 Å². The molecule has 1 saturated carbocycles. The van der Waals surface area contributed by atoms with Crippen molar-refractivity contribution in [1.29, 1.82) is 0 Å².